The molecule has 126 valence electrons. The van der Waals surface area contributed by atoms with Gasteiger partial charge in [0.15, 0.2) is 10.8 Å². The fourth-order valence-electron chi connectivity index (χ4n) is 2.44. The summed E-state index contributed by atoms with van der Waals surface area (Å²) in [6.45, 7) is 4.79. The molecule has 0 fully saturated rings. The monoisotopic (exact) mass is 343 g/mol. The Morgan fingerprint density at radius 3 is 2.79 bits per heavy atom. The SMILES string of the molecule is CC(C)c1csc(NC(=O)c2nc3ccccn3c2CN(C)C)n1. The standard InChI is InChI=1S/C17H21N5OS/c1-11(2)12-10-24-17(18-12)20-16(23)15-13(9-21(3)4)22-8-6-5-7-14(22)19-15/h5-8,10-11H,9H2,1-4H3,(H,18,20,23). The van der Waals surface area contributed by atoms with E-state index in [1.54, 1.807) is 0 Å². The first kappa shape index (κ1) is 16.6. The Hall–Kier alpha value is -2.25. The normalized spacial score (nSPS) is 11.6. The van der Waals surface area contributed by atoms with E-state index in [4.69, 9.17) is 0 Å². The van der Waals surface area contributed by atoms with Gasteiger partial charge in [-0.05, 0) is 32.1 Å². The number of carbonyl (C=O) groups is 1. The lowest BCUT2D eigenvalue weighted by molar-refractivity contribution is 0.102. The molecule has 0 bridgehead atoms. The number of anilines is 1. The van der Waals surface area contributed by atoms with Crippen LogP contribution in [-0.2, 0) is 6.54 Å². The fourth-order valence-corrected chi connectivity index (χ4v) is 3.31. The summed E-state index contributed by atoms with van der Waals surface area (Å²) in [7, 11) is 3.94. The van der Waals surface area contributed by atoms with Crippen LogP contribution in [0.25, 0.3) is 5.65 Å². The zero-order valence-electron chi connectivity index (χ0n) is 14.3. The third-order valence-electron chi connectivity index (χ3n) is 3.64. The molecule has 3 aromatic rings. The first-order valence-electron chi connectivity index (χ1n) is 7.83. The third-order valence-corrected chi connectivity index (χ3v) is 4.42. The minimum Gasteiger partial charge on any atom is -0.304 e. The van der Waals surface area contributed by atoms with Gasteiger partial charge in [-0.3, -0.25) is 10.1 Å². The van der Waals surface area contributed by atoms with Crippen molar-refractivity contribution in [3.05, 3.63) is 46.9 Å². The predicted octanol–water partition coefficient (Wildman–Crippen LogP) is 3.23. The molecule has 3 rings (SSSR count). The van der Waals surface area contributed by atoms with Crippen molar-refractivity contribution in [3.63, 3.8) is 0 Å². The zero-order valence-corrected chi connectivity index (χ0v) is 15.1. The van der Waals surface area contributed by atoms with Crippen LogP contribution >= 0.6 is 11.3 Å². The molecule has 0 saturated heterocycles. The van der Waals surface area contributed by atoms with Crippen molar-refractivity contribution in [2.24, 2.45) is 0 Å². The summed E-state index contributed by atoms with van der Waals surface area (Å²) < 4.78 is 1.95. The summed E-state index contributed by atoms with van der Waals surface area (Å²) in [5, 5.41) is 5.47. The van der Waals surface area contributed by atoms with Crippen molar-refractivity contribution in [2.45, 2.75) is 26.3 Å². The highest BCUT2D eigenvalue weighted by Crippen LogP contribution is 2.23. The molecule has 0 saturated carbocycles. The molecule has 0 aliphatic heterocycles. The molecule has 1 amide bonds. The molecule has 7 heteroatoms. The number of aromatic nitrogens is 3. The summed E-state index contributed by atoms with van der Waals surface area (Å²) >= 11 is 1.44. The number of pyridine rings is 1. The van der Waals surface area contributed by atoms with E-state index in [9.17, 15) is 4.79 Å². The maximum absolute atomic E-state index is 12.7. The average molecular weight is 343 g/mol. The number of rotatable bonds is 5. The molecule has 0 aliphatic carbocycles. The Balaban J connectivity index is 1.93. The first-order valence-corrected chi connectivity index (χ1v) is 8.71. The lowest BCUT2D eigenvalue weighted by atomic mass is 10.2. The van der Waals surface area contributed by atoms with Crippen molar-refractivity contribution < 1.29 is 4.79 Å². The van der Waals surface area contributed by atoms with Crippen molar-refractivity contribution in [2.75, 3.05) is 19.4 Å². The topological polar surface area (TPSA) is 62.5 Å². The number of carbonyl (C=O) groups excluding carboxylic acids is 1. The minimum absolute atomic E-state index is 0.222. The number of nitrogens with one attached hydrogen (secondary N) is 1. The number of amides is 1. The number of fused-ring (bicyclic) bond motifs is 1. The molecule has 6 nitrogen and oxygen atoms in total. The van der Waals surface area contributed by atoms with Gasteiger partial charge in [-0.2, -0.15) is 0 Å². The highest BCUT2D eigenvalue weighted by molar-refractivity contribution is 7.14. The van der Waals surface area contributed by atoms with Crippen LogP contribution in [0.3, 0.4) is 0 Å². The van der Waals surface area contributed by atoms with Gasteiger partial charge >= 0.3 is 0 Å². The molecule has 24 heavy (non-hydrogen) atoms. The summed E-state index contributed by atoms with van der Waals surface area (Å²) in [6.07, 6.45) is 1.93. The summed E-state index contributed by atoms with van der Waals surface area (Å²) in [6, 6.07) is 5.75. The molecule has 0 radical (unpaired) electrons. The lowest BCUT2D eigenvalue weighted by Gasteiger charge is -2.10. The van der Waals surface area contributed by atoms with Crippen LogP contribution in [-0.4, -0.2) is 39.3 Å². The molecule has 1 N–H and O–H groups in total. The second-order valence-corrected chi connectivity index (χ2v) is 7.12. The number of imidazole rings is 1. The molecule has 3 heterocycles. The smallest absolute Gasteiger partial charge is 0.278 e. The van der Waals surface area contributed by atoms with E-state index in [2.05, 4.69) is 29.1 Å². The fraction of sp³-hybridized carbons (Fsp3) is 0.353. The zero-order chi connectivity index (χ0) is 17.3. The third kappa shape index (κ3) is 3.32. The van der Waals surface area contributed by atoms with Crippen LogP contribution in [0.4, 0.5) is 5.13 Å². The van der Waals surface area contributed by atoms with Gasteiger partial charge in [0.25, 0.3) is 5.91 Å². The molecule has 0 spiro atoms. The van der Waals surface area contributed by atoms with E-state index < -0.39 is 0 Å². The van der Waals surface area contributed by atoms with Crippen LogP contribution in [0.2, 0.25) is 0 Å². The van der Waals surface area contributed by atoms with Gasteiger partial charge in [0, 0.05) is 18.1 Å². The molecular formula is C17H21N5OS. The van der Waals surface area contributed by atoms with E-state index in [1.807, 2.05) is 53.2 Å². The summed E-state index contributed by atoms with van der Waals surface area (Å²) in [4.78, 5) is 23.7. The molecule has 0 aliphatic rings. The molecule has 0 aromatic carbocycles. The molecule has 0 unspecified atom stereocenters. The van der Waals surface area contributed by atoms with Gasteiger partial charge in [-0.15, -0.1) is 11.3 Å². The second kappa shape index (κ2) is 6.70. The van der Waals surface area contributed by atoms with Gasteiger partial charge in [-0.25, -0.2) is 9.97 Å². The summed E-state index contributed by atoms with van der Waals surface area (Å²) in [5.74, 6) is 0.117. The van der Waals surface area contributed by atoms with E-state index in [0.717, 1.165) is 17.0 Å². The molecular weight excluding hydrogens is 322 g/mol. The maximum atomic E-state index is 12.7. The van der Waals surface area contributed by atoms with Gasteiger partial charge in [-0.1, -0.05) is 19.9 Å². The van der Waals surface area contributed by atoms with Crippen LogP contribution in [0.15, 0.2) is 29.8 Å². The first-order chi connectivity index (χ1) is 11.5. The quantitative estimate of drug-likeness (QED) is 0.772. The van der Waals surface area contributed by atoms with Crippen molar-refractivity contribution in [3.8, 4) is 0 Å². The Kier molecular flexibility index (Phi) is 4.64. The minimum atomic E-state index is -0.222. The second-order valence-electron chi connectivity index (χ2n) is 6.26. The Morgan fingerprint density at radius 2 is 2.12 bits per heavy atom. The van der Waals surface area contributed by atoms with Gasteiger partial charge in [0.05, 0.1) is 11.4 Å². The maximum Gasteiger partial charge on any atom is 0.278 e. The van der Waals surface area contributed by atoms with E-state index in [-0.39, 0.29) is 5.91 Å². The van der Waals surface area contributed by atoms with Crippen molar-refractivity contribution in [1.82, 2.24) is 19.3 Å². The van der Waals surface area contributed by atoms with Crippen molar-refractivity contribution in [1.29, 1.82) is 0 Å². The Labute approximate surface area is 145 Å². The van der Waals surface area contributed by atoms with Gasteiger partial charge in [0.2, 0.25) is 0 Å². The number of hydrogen-bond donors (Lipinski definition) is 1. The van der Waals surface area contributed by atoms with E-state index in [0.29, 0.717) is 23.3 Å². The number of nitrogens with zero attached hydrogens (tertiary/aromatic N) is 4. The molecule has 0 atom stereocenters. The predicted molar refractivity (Wildman–Crippen MR) is 96.7 cm³/mol. The lowest BCUT2D eigenvalue weighted by Crippen LogP contribution is -2.19. The molecule has 3 aromatic heterocycles. The van der Waals surface area contributed by atoms with Crippen LogP contribution < -0.4 is 5.32 Å². The number of hydrogen-bond acceptors (Lipinski definition) is 5. The van der Waals surface area contributed by atoms with E-state index >= 15 is 0 Å². The number of thiazole rings is 1. The van der Waals surface area contributed by atoms with Crippen LogP contribution in [0, 0.1) is 0 Å². The van der Waals surface area contributed by atoms with Crippen molar-refractivity contribution >= 4 is 28.0 Å². The van der Waals surface area contributed by atoms with Gasteiger partial charge in [0.1, 0.15) is 5.65 Å². The largest absolute Gasteiger partial charge is 0.304 e. The summed E-state index contributed by atoms with van der Waals surface area (Å²) in [5.41, 5.74) is 3.06. The Bertz CT molecular complexity index is 865. The van der Waals surface area contributed by atoms with Crippen LogP contribution in [0.5, 0.6) is 0 Å². The van der Waals surface area contributed by atoms with Gasteiger partial charge < -0.3 is 9.30 Å². The highest BCUT2D eigenvalue weighted by atomic mass is 32.1. The van der Waals surface area contributed by atoms with Crippen LogP contribution in [0.1, 0.15) is 41.6 Å². The van der Waals surface area contributed by atoms with E-state index in [1.165, 1.54) is 11.3 Å². The average Bonchev–Trinajstić information content (AvgIpc) is 3.12. The highest BCUT2D eigenvalue weighted by Gasteiger charge is 2.20. The Morgan fingerprint density at radius 1 is 1.33 bits per heavy atom.